The zero-order chi connectivity index (χ0) is 37.0. The molecule has 0 saturated carbocycles. The fraction of sp³-hybridized carbons (Fsp3) is 0.564. The molecule has 2 aromatic rings. The molecule has 0 aromatic heterocycles. The number of carbonyl (C=O) groups excluding carboxylic acids is 5. The van der Waals surface area contributed by atoms with Crippen LogP contribution in [0.5, 0.6) is 0 Å². The molecular formula is C39H55N5O7. The van der Waals surface area contributed by atoms with E-state index in [1.165, 1.54) is 0 Å². The summed E-state index contributed by atoms with van der Waals surface area (Å²) in [6, 6.07) is 16.9. The molecule has 278 valence electrons. The number of amides is 4. The first kappa shape index (κ1) is 39.7. The van der Waals surface area contributed by atoms with E-state index in [4.69, 9.17) is 15.2 Å². The number of hydrogen-bond acceptors (Lipinski definition) is 8. The lowest BCUT2D eigenvalue weighted by molar-refractivity contribution is -0.143. The number of Topliss-reactive ketones (excluding diaryl/α,β-unsaturated/α-hetero) is 1. The van der Waals surface area contributed by atoms with Gasteiger partial charge < -0.3 is 31.2 Å². The molecule has 2 aliphatic heterocycles. The molecule has 2 aliphatic rings. The Bertz CT molecular complexity index is 1480. The van der Waals surface area contributed by atoms with Gasteiger partial charge in [-0.15, -0.1) is 0 Å². The van der Waals surface area contributed by atoms with Crippen molar-refractivity contribution in [3.05, 3.63) is 71.8 Å². The van der Waals surface area contributed by atoms with Gasteiger partial charge >= 0.3 is 0 Å². The molecule has 12 nitrogen and oxygen atoms in total. The summed E-state index contributed by atoms with van der Waals surface area (Å²) in [6.45, 7) is 10.0. The molecule has 2 saturated heterocycles. The number of carbonyl (C=O) groups is 5. The number of rotatable bonds is 20. The second-order valence-corrected chi connectivity index (χ2v) is 14.4. The number of primary amides is 1. The van der Waals surface area contributed by atoms with Crippen molar-refractivity contribution in [3.8, 4) is 0 Å². The standard InChI is InChI=1S/C39H55N5O7/c1-5-18-39(37(40)49,30(24-29-14-10-7-11-15-29)35(47)42-32(23-27(2)3)34(46)38(4)26-51-38)43-36(48)31(17-16-28-12-8-6-9-13-28)41-33(45)25-44-19-21-50-22-20-44/h6-15,27,30-32H,5,16-26H2,1-4H3,(H2,40,49)(H,41,45)(H,42,47)(H,43,48)/t30-,31-,32-,38+,39?/m1/s1. The van der Waals surface area contributed by atoms with Gasteiger partial charge in [0.05, 0.1) is 38.3 Å². The van der Waals surface area contributed by atoms with Gasteiger partial charge in [0.25, 0.3) is 0 Å². The molecule has 5 atom stereocenters. The molecule has 0 radical (unpaired) electrons. The van der Waals surface area contributed by atoms with E-state index < -0.39 is 46.9 Å². The summed E-state index contributed by atoms with van der Waals surface area (Å²) in [7, 11) is 0. The molecule has 4 rings (SSSR count). The summed E-state index contributed by atoms with van der Waals surface area (Å²) in [4.78, 5) is 71.5. The number of nitrogens with two attached hydrogens (primary N) is 1. The summed E-state index contributed by atoms with van der Waals surface area (Å²) >= 11 is 0. The Labute approximate surface area is 301 Å². The SMILES string of the molecule is CCCC(NC(=O)[C@@H](CCc1ccccc1)NC(=O)CN1CCOCC1)(C(N)=O)[C@H](Cc1ccccc1)C(=O)N[C@H](CC(C)C)C(=O)[C@]1(C)CO1. The lowest BCUT2D eigenvalue weighted by Gasteiger charge is -2.40. The summed E-state index contributed by atoms with van der Waals surface area (Å²) in [5.41, 5.74) is 5.10. The minimum Gasteiger partial charge on any atom is -0.379 e. The molecule has 51 heavy (non-hydrogen) atoms. The second kappa shape index (κ2) is 18.4. The Morgan fingerprint density at radius 2 is 1.51 bits per heavy atom. The van der Waals surface area contributed by atoms with E-state index in [2.05, 4.69) is 16.0 Å². The van der Waals surface area contributed by atoms with Crippen LogP contribution in [0.15, 0.2) is 60.7 Å². The zero-order valence-electron chi connectivity index (χ0n) is 30.5. The van der Waals surface area contributed by atoms with Crippen LogP contribution in [0, 0.1) is 11.8 Å². The van der Waals surface area contributed by atoms with Crippen molar-refractivity contribution in [1.82, 2.24) is 20.9 Å². The molecule has 2 heterocycles. The van der Waals surface area contributed by atoms with E-state index in [1.807, 2.05) is 86.3 Å². The average Bonchev–Trinajstić information content (AvgIpc) is 3.87. The van der Waals surface area contributed by atoms with Crippen LogP contribution in [0.4, 0.5) is 0 Å². The normalized spacial score (nSPS) is 20.3. The number of hydrogen-bond donors (Lipinski definition) is 4. The quantitative estimate of drug-likeness (QED) is 0.152. The number of epoxide rings is 1. The first-order chi connectivity index (χ1) is 24.4. The highest BCUT2D eigenvalue weighted by Gasteiger charge is 2.53. The summed E-state index contributed by atoms with van der Waals surface area (Å²) in [5.74, 6) is -3.77. The number of ketones is 1. The topological polar surface area (TPSA) is 172 Å². The van der Waals surface area contributed by atoms with Gasteiger partial charge in [-0.2, -0.15) is 0 Å². The maximum absolute atomic E-state index is 14.5. The Balaban J connectivity index is 1.67. The van der Waals surface area contributed by atoms with Crippen molar-refractivity contribution in [2.75, 3.05) is 39.5 Å². The molecule has 0 spiro atoms. The van der Waals surface area contributed by atoms with Crippen molar-refractivity contribution in [2.24, 2.45) is 17.6 Å². The van der Waals surface area contributed by atoms with Crippen LogP contribution in [0.25, 0.3) is 0 Å². The van der Waals surface area contributed by atoms with Crippen LogP contribution in [0.1, 0.15) is 64.5 Å². The molecule has 5 N–H and O–H groups in total. The largest absolute Gasteiger partial charge is 0.379 e. The third-order valence-electron chi connectivity index (χ3n) is 9.75. The fourth-order valence-corrected chi connectivity index (χ4v) is 6.74. The van der Waals surface area contributed by atoms with Gasteiger partial charge in [0.15, 0.2) is 5.78 Å². The summed E-state index contributed by atoms with van der Waals surface area (Å²) in [5, 5.41) is 8.78. The maximum Gasteiger partial charge on any atom is 0.244 e. The second-order valence-electron chi connectivity index (χ2n) is 14.4. The summed E-state index contributed by atoms with van der Waals surface area (Å²) < 4.78 is 10.8. The molecule has 12 heteroatoms. The van der Waals surface area contributed by atoms with Crippen molar-refractivity contribution >= 4 is 29.4 Å². The van der Waals surface area contributed by atoms with E-state index in [1.54, 1.807) is 6.92 Å². The van der Waals surface area contributed by atoms with Gasteiger partial charge in [-0.3, -0.25) is 28.9 Å². The smallest absolute Gasteiger partial charge is 0.244 e. The van der Waals surface area contributed by atoms with Crippen LogP contribution >= 0.6 is 0 Å². The number of benzene rings is 2. The number of ether oxygens (including phenoxy) is 2. The Hall–Kier alpha value is -4.13. The average molecular weight is 706 g/mol. The highest BCUT2D eigenvalue weighted by molar-refractivity contribution is 6.01. The molecule has 0 bridgehead atoms. The van der Waals surface area contributed by atoms with Crippen LogP contribution in [0.3, 0.4) is 0 Å². The third kappa shape index (κ3) is 11.2. The number of nitrogens with zero attached hydrogens (tertiary/aromatic N) is 1. The van der Waals surface area contributed by atoms with E-state index >= 15 is 0 Å². The Morgan fingerprint density at radius 3 is 2.06 bits per heavy atom. The summed E-state index contributed by atoms with van der Waals surface area (Å²) in [6.07, 6.45) is 1.59. The molecule has 0 aliphatic carbocycles. The van der Waals surface area contributed by atoms with Gasteiger partial charge in [-0.25, -0.2) is 0 Å². The fourth-order valence-electron chi connectivity index (χ4n) is 6.74. The zero-order valence-corrected chi connectivity index (χ0v) is 30.5. The minimum absolute atomic E-state index is 0.0513. The van der Waals surface area contributed by atoms with Gasteiger partial charge in [-0.1, -0.05) is 87.9 Å². The first-order valence-electron chi connectivity index (χ1n) is 18.1. The van der Waals surface area contributed by atoms with Crippen LogP contribution in [-0.4, -0.2) is 97.0 Å². The van der Waals surface area contributed by atoms with Crippen LogP contribution in [0.2, 0.25) is 0 Å². The maximum atomic E-state index is 14.5. The number of aryl methyl sites for hydroxylation is 1. The van der Waals surface area contributed by atoms with Crippen molar-refractivity contribution in [2.45, 2.75) is 89.4 Å². The van der Waals surface area contributed by atoms with Gasteiger partial charge in [0.1, 0.15) is 17.2 Å². The first-order valence-corrected chi connectivity index (χ1v) is 18.1. The van der Waals surface area contributed by atoms with Gasteiger partial charge in [0.2, 0.25) is 23.6 Å². The minimum atomic E-state index is -1.85. The van der Waals surface area contributed by atoms with E-state index in [9.17, 15) is 24.0 Å². The van der Waals surface area contributed by atoms with E-state index in [0.29, 0.717) is 45.6 Å². The van der Waals surface area contributed by atoms with Gasteiger partial charge in [-0.05, 0) is 56.1 Å². The number of nitrogens with one attached hydrogen (secondary N) is 3. The van der Waals surface area contributed by atoms with Crippen molar-refractivity contribution in [1.29, 1.82) is 0 Å². The monoisotopic (exact) mass is 705 g/mol. The van der Waals surface area contributed by atoms with E-state index in [0.717, 1.165) is 11.1 Å². The van der Waals surface area contributed by atoms with Crippen molar-refractivity contribution < 1.29 is 33.4 Å². The lowest BCUT2D eigenvalue weighted by atomic mass is 9.75. The lowest BCUT2D eigenvalue weighted by Crippen LogP contribution is -2.68. The highest BCUT2D eigenvalue weighted by atomic mass is 16.6. The third-order valence-corrected chi connectivity index (χ3v) is 9.75. The van der Waals surface area contributed by atoms with Gasteiger partial charge in [0, 0.05) is 13.1 Å². The molecule has 1 unspecified atom stereocenters. The van der Waals surface area contributed by atoms with Crippen LogP contribution in [-0.2, 0) is 46.3 Å². The Morgan fingerprint density at radius 1 is 0.902 bits per heavy atom. The van der Waals surface area contributed by atoms with Crippen LogP contribution < -0.4 is 21.7 Å². The Kier molecular flexibility index (Phi) is 14.3. The predicted molar refractivity (Wildman–Crippen MR) is 193 cm³/mol. The highest BCUT2D eigenvalue weighted by Crippen LogP contribution is 2.32. The molecule has 4 amide bonds. The molecular weight excluding hydrogens is 650 g/mol. The number of morpholine rings is 1. The molecule has 2 aromatic carbocycles. The van der Waals surface area contributed by atoms with Crippen molar-refractivity contribution in [3.63, 3.8) is 0 Å². The predicted octanol–water partition coefficient (Wildman–Crippen LogP) is 2.32. The van der Waals surface area contributed by atoms with E-state index in [-0.39, 0.29) is 50.0 Å². The molecule has 2 fully saturated rings.